The Morgan fingerprint density at radius 2 is 1.76 bits per heavy atom. The minimum atomic E-state index is -0.643. The number of halogens is 1. The highest BCUT2D eigenvalue weighted by molar-refractivity contribution is 5.85. The summed E-state index contributed by atoms with van der Waals surface area (Å²) in [4.78, 5) is 13.3. The maximum absolute atomic E-state index is 10.9. The highest BCUT2D eigenvalue weighted by Crippen LogP contribution is 2.21. The fourth-order valence-electron chi connectivity index (χ4n) is 2.93. The van der Waals surface area contributed by atoms with Crippen molar-refractivity contribution >= 4 is 29.1 Å². The number of benzene rings is 2. The minimum absolute atomic E-state index is 0. The second-order valence-electron chi connectivity index (χ2n) is 5.57. The van der Waals surface area contributed by atoms with Crippen LogP contribution in [0.1, 0.15) is 18.4 Å². The van der Waals surface area contributed by atoms with Crippen LogP contribution in [0.4, 0.5) is 0 Å². The third-order valence-electron chi connectivity index (χ3n) is 4.16. The first-order chi connectivity index (χ1) is 9.72. The molecule has 0 saturated carbocycles. The van der Waals surface area contributed by atoms with E-state index in [4.69, 9.17) is 5.11 Å². The van der Waals surface area contributed by atoms with Crippen LogP contribution in [-0.4, -0.2) is 29.1 Å². The first kappa shape index (κ1) is 15.8. The largest absolute Gasteiger partial charge is 0.481 e. The molecule has 112 valence electrons. The smallest absolute Gasteiger partial charge is 0.306 e. The molecule has 0 amide bonds. The summed E-state index contributed by atoms with van der Waals surface area (Å²) in [6.45, 7) is 2.67. The van der Waals surface area contributed by atoms with Gasteiger partial charge in [-0.3, -0.25) is 9.69 Å². The number of nitrogens with zero attached hydrogens (tertiary/aromatic N) is 1. The van der Waals surface area contributed by atoms with E-state index in [2.05, 4.69) is 47.4 Å². The Balaban J connectivity index is 0.00000161. The van der Waals surface area contributed by atoms with Crippen molar-refractivity contribution in [1.82, 2.24) is 4.90 Å². The molecule has 21 heavy (non-hydrogen) atoms. The molecule has 1 saturated heterocycles. The minimum Gasteiger partial charge on any atom is -0.481 e. The van der Waals surface area contributed by atoms with Crippen LogP contribution in [0.2, 0.25) is 0 Å². The lowest BCUT2D eigenvalue weighted by molar-refractivity contribution is -0.143. The van der Waals surface area contributed by atoms with Gasteiger partial charge in [-0.25, -0.2) is 0 Å². The van der Waals surface area contributed by atoms with E-state index in [0.717, 1.165) is 32.5 Å². The van der Waals surface area contributed by atoms with Gasteiger partial charge in [0.2, 0.25) is 0 Å². The predicted octanol–water partition coefficient (Wildman–Crippen LogP) is 3.56. The Morgan fingerprint density at radius 1 is 1.10 bits per heavy atom. The van der Waals surface area contributed by atoms with Gasteiger partial charge >= 0.3 is 5.97 Å². The molecule has 4 heteroatoms. The maximum Gasteiger partial charge on any atom is 0.306 e. The third kappa shape index (κ3) is 3.74. The van der Waals surface area contributed by atoms with E-state index in [1.807, 2.05) is 0 Å². The van der Waals surface area contributed by atoms with Crippen molar-refractivity contribution in [3.8, 4) is 0 Å². The molecule has 0 spiro atoms. The summed E-state index contributed by atoms with van der Waals surface area (Å²) >= 11 is 0. The molecule has 3 nitrogen and oxygen atoms in total. The van der Waals surface area contributed by atoms with Gasteiger partial charge in [-0.15, -0.1) is 12.4 Å². The quantitative estimate of drug-likeness (QED) is 0.942. The second kappa shape index (κ2) is 6.92. The Labute approximate surface area is 131 Å². The molecule has 0 aromatic heterocycles. The number of hydrogen-bond acceptors (Lipinski definition) is 2. The number of likely N-dealkylation sites (tertiary alicyclic amines) is 1. The van der Waals surface area contributed by atoms with Gasteiger partial charge in [0.25, 0.3) is 0 Å². The molecule has 2 aromatic carbocycles. The van der Waals surface area contributed by atoms with Crippen LogP contribution in [0.15, 0.2) is 42.5 Å². The molecule has 1 aliphatic rings. The number of rotatable bonds is 3. The number of carboxylic acids is 1. The zero-order valence-electron chi connectivity index (χ0n) is 11.9. The maximum atomic E-state index is 10.9. The van der Waals surface area contributed by atoms with Crippen LogP contribution < -0.4 is 0 Å². The van der Waals surface area contributed by atoms with Gasteiger partial charge in [0.1, 0.15) is 0 Å². The molecule has 1 aliphatic heterocycles. The average Bonchev–Trinajstić information content (AvgIpc) is 2.48. The molecule has 0 atom stereocenters. The van der Waals surface area contributed by atoms with Gasteiger partial charge in [-0.05, 0) is 48.3 Å². The first-order valence-electron chi connectivity index (χ1n) is 7.15. The Kier molecular flexibility index (Phi) is 5.21. The zero-order chi connectivity index (χ0) is 13.9. The SMILES string of the molecule is Cl.O=C(O)C1CCN(Cc2ccc3ccccc3c2)CC1. The molecule has 0 unspecified atom stereocenters. The lowest BCUT2D eigenvalue weighted by Crippen LogP contribution is -2.35. The summed E-state index contributed by atoms with van der Waals surface area (Å²) in [5, 5.41) is 11.5. The topological polar surface area (TPSA) is 40.5 Å². The molecule has 1 N–H and O–H groups in total. The molecule has 0 radical (unpaired) electrons. The molecule has 1 fully saturated rings. The van der Waals surface area contributed by atoms with E-state index in [1.54, 1.807) is 0 Å². The van der Waals surface area contributed by atoms with Gasteiger partial charge in [0.15, 0.2) is 0 Å². The molecular formula is C17H20ClNO2. The van der Waals surface area contributed by atoms with Crippen molar-refractivity contribution in [3.05, 3.63) is 48.0 Å². The van der Waals surface area contributed by atoms with Gasteiger partial charge in [0.05, 0.1) is 5.92 Å². The summed E-state index contributed by atoms with van der Waals surface area (Å²) in [5.41, 5.74) is 1.30. The van der Waals surface area contributed by atoms with E-state index >= 15 is 0 Å². The standard InChI is InChI=1S/C17H19NO2.ClH/c19-17(20)15-7-9-18(10-8-15)12-13-5-6-14-3-1-2-4-16(14)11-13;/h1-6,11,15H,7-10,12H2,(H,19,20);1H. The number of carbonyl (C=O) groups is 1. The number of aliphatic carboxylic acids is 1. The zero-order valence-corrected chi connectivity index (χ0v) is 12.7. The predicted molar refractivity (Wildman–Crippen MR) is 86.8 cm³/mol. The van der Waals surface area contributed by atoms with Crippen molar-refractivity contribution in [1.29, 1.82) is 0 Å². The number of piperidine rings is 1. The third-order valence-corrected chi connectivity index (χ3v) is 4.16. The van der Waals surface area contributed by atoms with Crippen molar-refractivity contribution < 1.29 is 9.90 Å². The van der Waals surface area contributed by atoms with Gasteiger partial charge < -0.3 is 5.11 Å². The Hall–Kier alpha value is -1.58. The lowest BCUT2D eigenvalue weighted by Gasteiger charge is -2.30. The number of carboxylic acid groups (broad SMARTS) is 1. The Bertz CT molecular complexity index is 621. The molecule has 2 aromatic rings. The normalized spacial score (nSPS) is 16.6. The van der Waals surface area contributed by atoms with Crippen molar-refractivity contribution in [2.75, 3.05) is 13.1 Å². The van der Waals surface area contributed by atoms with Crippen LogP contribution >= 0.6 is 12.4 Å². The summed E-state index contributed by atoms with van der Waals surface area (Å²) < 4.78 is 0. The molecule has 0 bridgehead atoms. The van der Waals surface area contributed by atoms with Gasteiger partial charge in [0, 0.05) is 6.54 Å². The van der Waals surface area contributed by atoms with Crippen molar-refractivity contribution in [3.63, 3.8) is 0 Å². The highest BCUT2D eigenvalue weighted by atomic mass is 35.5. The fourth-order valence-corrected chi connectivity index (χ4v) is 2.93. The van der Waals surface area contributed by atoms with E-state index < -0.39 is 5.97 Å². The summed E-state index contributed by atoms with van der Waals surface area (Å²) in [5.74, 6) is -0.793. The van der Waals surface area contributed by atoms with E-state index in [1.165, 1.54) is 16.3 Å². The van der Waals surface area contributed by atoms with Crippen LogP contribution in [0, 0.1) is 5.92 Å². The van der Waals surface area contributed by atoms with Crippen molar-refractivity contribution in [2.24, 2.45) is 5.92 Å². The van der Waals surface area contributed by atoms with Crippen LogP contribution in [-0.2, 0) is 11.3 Å². The molecule has 0 aliphatic carbocycles. The summed E-state index contributed by atoms with van der Waals surface area (Å²) in [7, 11) is 0. The number of hydrogen-bond donors (Lipinski definition) is 1. The first-order valence-corrected chi connectivity index (χ1v) is 7.15. The Morgan fingerprint density at radius 3 is 2.43 bits per heavy atom. The molecule has 3 rings (SSSR count). The highest BCUT2D eigenvalue weighted by Gasteiger charge is 2.24. The molecule has 1 heterocycles. The average molecular weight is 306 g/mol. The van der Waals surface area contributed by atoms with Crippen LogP contribution in [0.5, 0.6) is 0 Å². The monoisotopic (exact) mass is 305 g/mol. The van der Waals surface area contributed by atoms with E-state index in [9.17, 15) is 4.79 Å². The van der Waals surface area contributed by atoms with Crippen molar-refractivity contribution in [2.45, 2.75) is 19.4 Å². The summed E-state index contributed by atoms with van der Waals surface area (Å²) in [6, 6.07) is 14.9. The second-order valence-corrected chi connectivity index (χ2v) is 5.57. The van der Waals surface area contributed by atoms with Crippen LogP contribution in [0.25, 0.3) is 10.8 Å². The van der Waals surface area contributed by atoms with Crippen LogP contribution in [0.3, 0.4) is 0 Å². The lowest BCUT2D eigenvalue weighted by atomic mass is 9.96. The molecular weight excluding hydrogens is 286 g/mol. The summed E-state index contributed by atoms with van der Waals surface area (Å²) in [6.07, 6.45) is 1.53. The van der Waals surface area contributed by atoms with E-state index in [0.29, 0.717) is 0 Å². The van der Waals surface area contributed by atoms with E-state index in [-0.39, 0.29) is 18.3 Å². The van der Waals surface area contributed by atoms with Gasteiger partial charge in [-0.1, -0.05) is 36.4 Å². The fraction of sp³-hybridized carbons (Fsp3) is 0.353. The van der Waals surface area contributed by atoms with Gasteiger partial charge in [-0.2, -0.15) is 0 Å². The number of fused-ring (bicyclic) bond motifs is 1.